The highest BCUT2D eigenvalue weighted by Crippen LogP contribution is 2.89. The Hall–Kier alpha value is 0. The first-order valence-electron chi connectivity index (χ1n) is 7.28. The molecule has 0 aromatic heterocycles. The Bertz CT molecular complexity index is 262. The molecule has 4 aliphatic carbocycles. The molecule has 6 atom stereocenters. The Balaban J connectivity index is 1.64. The first kappa shape index (κ1) is 9.07. The van der Waals surface area contributed by atoms with Crippen molar-refractivity contribution < 1.29 is 0 Å². The van der Waals surface area contributed by atoms with E-state index < -0.39 is 0 Å². The van der Waals surface area contributed by atoms with E-state index in [1.165, 1.54) is 49.4 Å². The van der Waals surface area contributed by atoms with Crippen molar-refractivity contribution in [2.45, 2.75) is 52.4 Å². The van der Waals surface area contributed by atoms with Crippen molar-refractivity contribution in [2.24, 2.45) is 40.9 Å². The zero-order valence-corrected chi connectivity index (χ0v) is 10.2. The van der Waals surface area contributed by atoms with Crippen LogP contribution in [0.2, 0.25) is 0 Å². The molecule has 0 aromatic rings. The van der Waals surface area contributed by atoms with Gasteiger partial charge in [-0.05, 0) is 53.8 Å². The van der Waals surface area contributed by atoms with Crippen LogP contribution in [0.15, 0.2) is 0 Å². The average molecular weight is 204 g/mol. The van der Waals surface area contributed by atoms with Crippen molar-refractivity contribution in [1.29, 1.82) is 0 Å². The van der Waals surface area contributed by atoms with E-state index in [1.807, 2.05) is 0 Å². The fraction of sp³-hybridized carbons (Fsp3) is 1.00. The molecule has 0 N–H and O–H groups in total. The third-order valence-corrected chi connectivity index (χ3v) is 6.66. The van der Waals surface area contributed by atoms with E-state index in [-0.39, 0.29) is 0 Å². The normalized spacial score (nSPS) is 66.0. The van der Waals surface area contributed by atoms with E-state index in [2.05, 4.69) is 13.8 Å². The fourth-order valence-corrected chi connectivity index (χ4v) is 6.38. The van der Waals surface area contributed by atoms with Crippen molar-refractivity contribution in [3.63, 3.8) is 0 Å². The maximum absolute atomic E-state index is 2.54. The van der Waals surface area contributed by atoms with Gasteiger partial charge in [0.05, 0.1) is 0 Å². The van der Waals surface area contributed by atoms with Crippen LogP contribution in [-0.2, 0) is 0 Å². The zero-order chi connectivity index (χ0) is 10.2. The Morgan fingerprint density at radius 3 is 1.60 bits per heavy atom. The van der Waals surface area contributed by atoms with Gasteiger partial charge in [0.2, 0.25) is 0 Å². The molecule has 4 aliphatic rings. The highest BCUT2D eigenvalue weighted by Gasteiger charge is 2.84. The van der Waals surface area contributed by atoms with Crippen molar-refractivity contribution >= 4 is 0 Å². The molecule has 0 amide bonds. The molecule has 0 bridgehead atoms. The fourth-order valence-electron chi connectivity index (χ4n) is 6.38. The maximum atomic E-state index is 2.54. The second kappa shape index (κ2) is 2.63. The first-order valence-corrected chi connectivity index (χ1v) is 7.28. The third-order valence-electron chi connectivity index (χ3n) is 6.66. The highest BCUT2D eigenvalue weighted by atomic mass is 14.9. The minimum atomic E-state index is 0.936. The summed E-state index contributed by atoms with van der Waals surface area (Å²) in [5, 5.41) is 0. The number of fused-ring (bicyclic) bond motifs is 6. The first-order chi connectivity index (χ1) is 7.28. The Labute approximate surface area is 93.8 Å². The van der Waals surface area contributed by atoms with Crippen LogP contribution < -0.4 is 0 Å². The molecule has 4 rings (SSSR count). The van der Waals surface area contributed by atoms with Gasteiger partial charge in [0.15, 0.2) is 0 Å². The van der Waals surface area contributed by atoms with Crippen LogP contribution in [0.3, 0.4) is 0 Å². The molecule has 0 aromatic carbocycles. The summed E-state index contributed by atoms with van der Waals surface area (Å²) in [6.07, 6.45) is 9.34. The molecule has 1 spiro atoms. The molecule has 4 fully saturated rings. The van der Waals surface area contributed by atoms with Crippen LogP contribution in [0, 0.1) is 40.9 Å². The lowest BCUT2D eigenvalue weighted by atomic mass is 9.90. The molecule has 0 nitrogen and oxygen atoms in total. The van der Waals surface area contributed by atoms with Gasteiger partial charge in [-0.25, -0.2) is 0 Å². The molecule has 0 heteroatoms. The van der Waals surface area contributed by atoms with Gasteiger partial charge in [-0.2, -0.15) is 0 Å². The van der Waals surface area contributed by atoms with Crippen LogP contribution >= 0.6 is 0 Å². The van der Waals surface area contributed by atoms with E-state index in [0.717, 1.165) is 17.3 Å². The molecule has 0 radical (unpaired) electrons. The van der Waals surface area contributed by atoms with Crippen LogP contribution in [0.1, 0.15) is 52.4 Å². The highest BCUT2D eigenvalue weighted by molar-refractivity contribution is 5.31. The molecule has 4 saturated carbocycles. The summed E-state index contributed by atoms with van der Waals surface area (Å²) in [6, 6.07) is 0. The minimum absolute atomic E-state index is 0.936. The quantitative estimate of drug-likeness (QED) is 0.557. The van der Waals surface area contributed by atoms with Crippen LogP contribution in [-0.4, -0.2) is 0 Å². The summed E-state index contributed by atoms with van der Waals surface area (Å²) in [4.78, 5) is 0. The van der Waals surface area contributed by atoms with E-state index in [0.29, 0.717) is 0 Å². The molecule has 84 valence electrons. The lowest BCUT2D eigenvalue weighted by molar-refractivity contribution is 0.349. The van der Waals surface area contributed by atoms with Gasteiger partial charge in [0.25, 0.3) is 0 Å². The predicted octanol–water partition coefficient (Wildman–Crippen LogP) is 4.10. The average Bonchev–Trinajstić information content (AvgIpc) is 3.07. The van der Waals surface area contributed by atoms with Crippen LogP contribution in [0.25, 0.3) is 0 Å². The Morgan fingerprint density at radius 1 is 0.733 bits per heavy atom. The van der Waals surface area contributed by atoms with Crippen molar-refractivity contribution in [3.05, 3.63) is 0 Å². The molecule has 15 heavy (non-hydrogen) atoms. The van der Waals surface area contributed by atoms with E-state index in [1.54, 1.807) is 12.8 Å². The van der Waals surface area contributed by atoms with Gasteiger partial charge >= 0.3 is 0 Å². The van der Waals surface area contributed by atoms with E-state index in [4.69, 9.17) is 0 Å². The van der Waals surface area contributed by atoms with Crippen molar-refractivity contribution in [3.8, 4) is 0 Å². The van der Waals surface area contributed by atoms with Gasteiger partial charge < -0.3 is 0 Å². The Kier molecular flexibility index (Phi) is 1.59. The second-order valence-electron chi connectivity index (χ2n) is 7.08. The summed E-state index contributed by atoms with van der Waals surface area (Å²) in [6.45, 7) is 5.08. The van der Waals surface area contributed by atoms with Gasteiger partial charge in [-0.3, -0.25) is 0 Å². The molecular formula is C15H24. The number of hydrogen-bond acceptors (Lipinski definition) is 0. The van der Waals surface area contributed by atoms with Crippen molar-refractivity contribution in [1.82, 2.24) is 0 Å². The van der Waals surface area contributed by atoms with Crippen LogP contribution in [0.4, 0.5) is 0 Å². The minimum Gasteiger partial charge on any atom is -0.0622 e. The molecular weight excluding hydrogens is 180 g/mol. The number of hydrogen-bond donors (Lipinski definition) is 0. The van der Waals surface area contributed by atoms with Crippen LogP contribution in [0.5, 0.6) is 0 Å². The monoisotopic (exact) mass is 204 g/mol. The lowest BCUT2D eigenvalue weighted by Crippen LogP contribution is -2.06. The standard InChI is InChI=1S/C15H24/c1-9-5-3-7-11-13(9)15(11)12-8-4-6-10(2)14(12)15/h9-14H,3-8H2,1-2H3. The largest absolute Gasteiger partial charge is 0.0622 e. The van der Waals surface area contributed by atoms with E-state index in [9.17, 15) is 0 Å². The summed E-state index contributed by atoms with van der Waals surface area (Å²) in [5.74, 6) is 6.89. The third kappa shape index (κ3) is 0.875. The lowest BCUT2D eigenvalue weighted by Gasteiger charge is -2.15. The van der Waals surface area contributed by atoms with E-state index >= 15 is 0 Å². The van der Waals surface area contributed by atoms with Gasteiger partial charge in [-0.1, -0.05) is 39.5 Å². The summed E-state index contributed by atoms with van der Waals surface area (Å²) in [7, 11) is 0. The predicted molar refractivity (Wildman–Crippen MR) is 62.4 cm³/mol. The van der Waals surface area contributed by atoms with Gasteiger partial charge in [0.1, 0.15) is 0 Å². The maximum Gasteiger partial charge on any atom is -0.0168 e. The summed E-state index contributed by atoms with van der Waals surface area (Å²) >= 11 is 0. The van der Waals surface area contributed by atoms with Gasteiger partial charge in [0, 0.05) is 0 Å². The van der Waals surface area contributed by atoms with Crippen molar-refractivity contribution in [2.75, 3.05) is 0 Å². The van der Waals surface area contributed by atoms with Gasteiger partial charge in [-0.15, -0.1) is 0 Å². The molecule has 6 unspecified atom stereocenters. The molecule has 0 saturated heterocycles. The SMILES string of the molecule is CC1CCCC2C1C21C2CCCC(C)C21. The topological polar surface area (TPSA) is 0 Å². The zero-order valence-electron chi connectivity index (χ0n) is 10.2. The Morgan fingerprint density at radius 2 is 1.20 bits per heavy atom. The summed E-state index contributed by atoms with van der Waals surface area (Å²) < 4.78 is 0. The summed E-state index contributed by atoms with van der Waals surface area (Å²) in [5.41, 5.74) is 0.936. The second-order valence-corrected chi connectivity index (χ2v) is 7.08. The smallest absolute Gasteiger partial charge is 0.0168 e. The number of rotatable bonds is 0. The molecule has 0 aliphatic heterocycles. The molecule has 0 heterocycles.